The Morgan fingerprint density at radius 1 is 0.920 bits per heavy atom. The van der Waals surface area contributed by atoms with Crippen LogP contribution in [0.1, 0.15) is 37.4 Å². The van der Waals surface area contributed by atoms with Crippen molar-refractivity contribution >= 4 is 17.9 Å². The average Bonchev–Trinajstić information content (AvgIpc) is 2.61. The highest BCUT2D eigenvalue weighted by Crippen LogP contribution is 2.27. The lowest BCUT2D eigenvalue weighted by molar-refractivity contribution is 0.0746. The Morgan fingerprint density at radius 3 is 2.08 bits per heavy atom. The number of amides is 1. The second-order valence-corrected chi connectivity index (χ2v) is 6.72. The highest BCUT2D eigenvalue weighted by Gasteiger charge is 2.24. The molecule has 0 bridgehead atoms. The number of anilines is 1. The van der Waals surface area contributed by atoms with E-state index < -0.39 is 0 Å². The van der Waals surface area contributed by atoms with Crippen LogP contribution >= 0.6 is 0 Å². The summed E-state index contributed by atoms with van der Waals surface area (Å²) in [6.45, 7) is 9.09. The van der Waals surface area contributed by atoms with Crippen LogP contribution in [0.4, 0.5) is 5.69 Å². The summed E-state index contributed by atoms with van der Waals surface area (Å²) in [6, 6.07) is 11.6. The first-order valence-corrected chi connectivity index (χ1v) is 8.67. The Hall–Kier alpha value is -2.62. The normalized spacial score (nSPS) is 14.5. The van der Waals surface area contributed by atoms with Gasteiger partial charge >= 0.3 is 0 Å². The van der Waals surface area contributed by atoms with Crippen LogP contribution in [-0.4, -0.2) is 43.3 Å². The zero-order valence-electron chi connectivity index (χ0n) is 15.1. The van der Waals surface area contributed by atoms with Gasteiger partial charge in [0.25, 0.3) is 5.91 Å². The molecule has 4 heteroatoms. The average molecular weight is 336 g/mol. The Kier molecular flexibility index (Phi) is 4.88. The van der Waals surface area contributed by atoms with Crippen molar-refractivity contribution in [3.8, 4) is 0 Å². The van der Waals surface area contributed by atoms with E-state index in [2.05, 4.69) is 4.90 Å². The minimum absolute atomic E-state index is 0.113. The summed E-state index contributed by atoms with van der Waals surface area (Å²) in [5, 5.41) is 0. The van der Waals surface area contributed by atoms with E-state index >= 15 is 0 Å². The molecule has 0 aliphatic carbocycles. The molecule has 130 valence electrons. The first kappa shape index (κ1) is 17.2. The van der Waals surface area contributed by atoms with Gasteiger partial charge in [-0.25, -0.2) is 0 Å². The van der Waals surface area contributed by atoms with Crippen molar-refractivity contribution in [3.05, 3.63) is 64.2 Å². The predicted octanol–water partition coefficient (Wildman–Crippen LogP) is 3.39. The third-order valence-electron chi connectivity index (χ3n) is 4.91. The Balaban J connectivity index is 1.73. The summed E-state index contributed by atoms with van der Waals surface area (Å²) in [5.41, 5.74) is 5.94. The van der Waals surface area contributed by atoms with Gasteiger partial charge in [-0.15, -0.1) is 0 Å². The highest BCUT2D eigenvalue weighted by molar-refractivity contribution is 5.95. The lowest BCUT2D eigenvalue weighted by atomic mass is 10.0. The number of rotatable bonds is 3. The monoisotopic (exact) mass is 336 g/mol. The molecule has 3 rings (SSSR count). The SMILES string of the molecule is Cc1ccccc1C(=O)N1CCN(c2c(C)cc(C=O)cc2C)CC1. The first-order valence-electron chi connectivity index (χ1n) is 8.67. The Labute approximate surface area is 149 Å². The van der Waals surface area contributed by atoms with Crippen molar-refractivity contribution < 1.29 is 9.59 Å². The van der Waals surface area contributed by atoms with E-state index in [0.29, 0.717) is 18.7 Å². The van der Waals surface area contributed by atoms with Crippen molar-refractivity contribution in [3.63, 3.8) is 0 Å². The number of aryl methyl sites for hydroxylation is 3. The maximum atomic E-state index is 12.7. The summed E-state index contributed by atoms with van der Waals surface area (Å²) in [4.78, 5) is 28.0. The van der Waals surface area contributed by atoms with E-state index in [0.717, 1.165) is 41.6 Å². The molecule has 2 aromatic rings. The summed E-state index contributed by atoms with van der Waals surface area (Å²) in [5.74, 6) is 0.113. The molecule has 1 amide bonds. The predicted molar refractivity (Wildman–Crippen MR) is 101 cm³/mol. The standard InChI is InChI=1S/C21H24N2O2/c1-15-6-4-5-7-19(15)21(25)23-10-8-22(9-11-23)20-16(2)12-18(14-24)13-17(20)3/h4-7,12-14H,8-11H2,1-3H3. The number of hydrogen-bond acceptors (Lipinski definition) is 3. The minimum atomic E-state index is 0.113. The van der Waals surface area contributed by atoms with Gasteiger partial charge in [-0.2, -0.15) is 0 Å². The fraction of sp³-hybridized carbons (Fsp3) is 0.333. The van der Waals surface area contributed by atoms with Crippen LogP contribution in [0.5, 0.6) is 0 Å². The number of piperazine rings is 1. The van der Waals surface area contributed by atoms with Gasteiger partial charge < -0.3 is 9.80 Å². The van der Waals surface area contributed by atoms with Crippen LogP contribution < -0.4 is 4.90 Å². The summed E-state index contributed by atoms with van der Waals surface area (Å²) in [7, 11) is 0. The van der Waals surface area contributed by atoms with E-state index in [1.54, 1.807) is 0 Å². The zero-order valence-corrected chi connectivity index (χ0v) is 15.1. The molecule has 4 nitrogen and oxygen atoms in total. The molecular formula is C21H24N2O2. The molecule has 25 heavy (non-hydrogen) atoms. The second kappa shape index (κ2) is 7.09. The van der Waals surface area contributed by atoms with Crippen LogP contribution in [0.2, 0.25) is 0 Å². The van der Waals surface area contributed by atoms with E-state index in [9.17, 15) is 9.59 Å². The third kappa shape index (κ3) is 3.43. The summed E-state index contributed by atoms with van der Waals surface area (Å²) < 4.78 is 0. The van der Waals surface area contributed by atoms with E-state index in [4.69, 9.17) is 0 Å². The quantitative estimate of drug-likeness (QED) is 0.807. The van der Waals surface area contributed by atoms with Gasteiger partial charge in [0.05, 0.1) is 0 Å². The fourth-order valence-corrected chi connectivity index (χ4v) is 3.67. The number of carbonyl (C=O) groups excluding carboxylic acids is 2. The van der Waals surface area contributed by atoms with E-state index in [-0.39, 0.29) is 5.91 Å². The number of hydrogen-bond donors (Lipinski definition) is 0. The molecule has 0 atom stereocenters. The topological polar surface area (TPSA) is 40.6 Å². The van der Waals surface area contributed by atoms with Crippen molar-refractivity contribution in [2.75, 3.05) is 31.1 Å². The smallest absolute Gasteiger partial charge is 0.254 e. The molecule has 1 aliphatic heterocycles. The maximum absolute atomic E-state index is 12.7. The molecule has 1 saturated heterocycles. The molecule has 1 heterocycles. The van der Waals surface area contributed by atoms with Crippen LogP contribution in [0, 0.1) is 20.8 Å². The summed E-state index contributed by atoms with van der Waals surface area (Å²) in [6.07, 6.45) is 0.891. The van der Waals surface area contributed by atoms with Gasteiger partial charge in [0.2, 0.25) is 0 Å². The summed E-state index contributed by atoms with van der Waals surface area (Å²) >= 11 is 0. The van der Waals surface area contributed by atoms with Gasteiger partial charge in [-0.3, -0.25) is 9.59 Å². The fourth-order valence-electron chi connectivity index (χ4n) is 3.67. The molecule has 1 fully saturated rings. The molecule has 1 aliphatic rings. The van der Waals surface area contributed by atoms with Crippen molar-refractivity contribution in [1.29, 1.82) is 0 Å². The van der Waals surface area contributed by atoms with Crippen LogP contribution in [0.25, 0.3) is 0 Å². The van der Waals surface area contributed by atoms with Crippen molar-refractivity contribution in [2.45, 2.75) is 20.8 Å². The number of aldehydes is 1. The molecule has 0 spiro atoms. The Morgan fingerprint density at radius 2 is 1.52 bits per heavy atom. The van der Waals surface area contributed by atoms with Gasteiger partial charge in [-0.1, -0.05) is 18.2 Å². The van der Waals surface area contributed by atoms with Crippen LogP contribution in [-0.2, 0) is 0 Å². The van der Waals surface area contributed by atoms with Gasteiger partial charge in [0.1, 0.15) is 6.29 Å². The zero-order chi connectivity index (χ0) is 18.0. The van der Waals surface area contributed by atoms with Gasteiger partial charge in [0, 0.05) is 43.0 Å². The minimum Gasteiger partial charge on any atom is -0.368 e. The third-order valence-corrected chi connectivity index (χ3v) is 4.91. The number of carbonyl (C=O) groups is 2. The molecule has 2 aromatic carbocycles. The number of nitrogens with zero attached hydrogens (tertiary/aromatic N) is 2. The van der Waals surface area contributed by atoms with Gasteiger partial charge in [-0.05, 0) is 55.7 Å². The van der Waals surface area contributed by atoms with E-state index in [1.807, 2.05) is 62.1 Å². The largest absolute Gasteiger partial charge is 0.368 e. The van der Waals surface area contributed by atoms with E-state index in [1.165, 1.54) is 5.69 Å². The first-order chi connectivity index (χ1) is 12.0. The van der Waals surface area contributed by atoms with Crippen molar-refractivity contribution in [1.82, 2.24) is 4.90 Å². The number of benzene rings is 2. The Bertz CT molecular complexity index is 782. The maximum Gasteiger partial charge on any atom is 0.254 e. The molecular weight excluding hydrogens is 312 g/mol. The second-order valence-electron chi connectivity index (χ2n) is 6.72. The lowest BCUT2D eigenvalue weighted by Crippen LogP contribution is -2.49. The van der Waals surface area contributed by atoms with Crippen LogP contribution in [0.15, 0.2) is 36.4 Å². The van der Waals surface area contributed by atoms with Gasteiger partial charge in [0.15, 0.2) is 0 Å². The molecule has 0 aromatic heterocycles. The molecule has 0 unspecified atom stereocenters. The highest BCUT2D eigenvalue weighted by atomic mass is 16.2. The lowest BCUT2D eigenvalue weighted by Gasteiger charge is -2.37. The molecule has 0 N–H and O–H groups in total. The molecule has 0 radical (unpaired) electrons. The molecule has 0 saturated carbocycles. The van der Waals surface area contributed by atoms with Crippen molar-refractivity contribution in [2.24, 2.45) is 0 Å². The van der Waals surface area contributed by atoms with Crippen LogP contribution in [0.3, 0.4) is 0 Å².